The predicted molar refractivity (Wildman–Crippen MR) is 107 cm³/mol. The third-order valence-corrected chi connectivity index (χ3v) is 5.61. The average molecular weight is 469 g/mol. The first kappa shape index (κ1) is 22.6. The average Bonchev–Trinajstić information content (AvgIpc) is 3.24. The van der Waals surface area contributed by atoms with Gasteiger partial charge in [0.1, 0.15) is 24.0 Å². The SMILES string of the molecule is Cc1ccc2onc(Cn3c(=O)ccn([C@@H]4O[C@H](COP(=O)(O)O)[C@H](O)C4O)c3=O)c2c1. The molecular formula is C18H20N3O10P. The number of hydrogen-bond donors (Lipinski definition) is 4. The van der Waals surface area contributed by atoms with Crippen LogP contribution in [0.25, 0.3) is 11.0 Å². The normalized spacial score (nSPS) is 23.8. The molecule has 3 heterocycles. The second kappa shape index (κ2) is 8.37. The quantitative estimate of drug-likeness (QED) is 0.332. The minimum atomic E-state index is -4.84. The summed E-state index contributed by atoms with van der Waals surface area (Å²) in [5.41, 5.74) is 0.278. The maximum atomic E-state index is 13.0. The number of aliphatic hydroxyl groups is 2. The van der Waals surface area contributed by atoms with E-state index in [1.54, 1.807) is 12.1 Å². The lowest BCUT2D eigenvalue weighted by Crippen LogP contribution is -2.43. The van der Waals surface area contributed by atoms with Crippen LogP contribution < -0.4 is 11.2 Å². The van der Waals surface area contributed by atoms with Crippen molar-refractivity contribution in [2.24, 2.45) is 0 Å². The molecule has 13 nitrogen and oxygen atoms in total. The zero-order chi connectivity index (χ0) is 23.2. The lowest BCUT2D eigenvalue weighted by Gasteiger charge is -2.18. The summed E-state index contributed by atoms with van der Waals surface area (Å²) in [6.45, 7) is 0.928. The smallest absolute Gasteiger partial charge is 0.387 e. The van der Waals surface area contributed by atoms with E-state index in [-0.39, 0.29) is 6.54 Å². The lowest BCUT2D eigenvalue weighted by molar-refractivity contribution is -0.0548. The van der Waals surface area contributed by atoms with Gasteiger partial charge in [-0.1, -0.05) is 16.8 Å². The summed E-state index contributed by atoms with van der Waals surface area (Å²) in [7, 11) is -4.84. The molecule has 1 aliphatic heterocycles. The molecule has 1 saturated heterocycles. The van der Waals surface area contributed by atoms with Gasteiger partial charge in [0.15, 0.2) is 11.8 Å². The van der Waals surface area contributed by atoms with Gasteiger partial charge >= 0.3 is 13.5 Å². The highest BCUT2D eigenvalue weighted by atomic mass is 31.2. The number of aliphatic hydroxyl groups excluding tert-OH is 2. The van der Waals surface area contributed by atoms with Crippen LogP contribution in [0.4, 0.5) is 0 Å². The van der Waals surface area contributed by atoms with Crippen molar-refractivity contribution in [3.8, 4) is 0 Å². The van der Waals surface area contributed by atoms with E-state index in [1.165, 1.54) is 0 Å². The highest BCUT2D eigenvalue weighted by Crippen LogP contribution is 2.38. The topological polar surface area (TPSA) is 186 Å². The van der Waals surface area contributed by atoms with Gasteiger partial charge in [-0.3, -0.25) is 18.5 Å². The van der Waals surface area contributed by atoms with Crippen molar-refractivity contribution in [3.63, 3.8) is 0 Å². The number of aromatic nitrogens is 3. The maximum absolute atomic E-state index is 13.0. The van der Waals surface area contributed by atoms with Crippen molar-refractivity contribution in [2.45, 2.75) is 38.0 Å². The lowest BCUT2D eigenvalue weighted by atomic mass is 10.1. The van der Waals surface area contributed by atoms with Gasteiger partial charge in [-0.2, -0.15) is 0 Å². The van der Waals surface area contributed by atoms with Gasteiger partial charge in [0.2, 0.25) is 0 Å². The fourth-order valence-electron chi connectivity index (χ4n) is 3.50. The molecule has 0 bridgehead atoms. The molecular weight excluding hydrogens is 449 g/mol. The fraction of sp³-hybridized carbons (Fsp3) is 0.389. The van der Waals surface area contributed by atoms with Crippen molar-refractivity contribution in [1.82, 2.24) is 14.3 Å². The Morgan fingerprint density at radius 3 is 2.66 bits per heavy atom. The molecule has 4 atom stereocenters. The van der Waals surface area contributed by atoms with Gasteiger partial charge in [-0.05, 0) is 19.1 Å². The van der Waals surface area contributed by atoms with Crippen LogP contribution in [0.15, 0.2) is 44.6 Å². The second-order valence-electron chi connectivity index (χ2n) is 7.39. The molecule has 172 valence electrons. The number of benzene rings is 1. The van der Waals surface area contributed by atoms with E-state index in [0.717, 1.165) is 27.0 Å². The van der Waals surface area contributed by atoms with Crippen LogP contribution in [-0.4, -0.2) is 59.2 Å². The molecule has 4 rings (SSSR count). The van der Waals surface area contributed by atoms with Crippen LogP contribution >= 0.6 is 7.82 Å². The number of phosphoric acid groups is 1. The van der Waals surface area contributed by atoms with E-state index in [0.29, 0.717) is 16.7 Å². The Labute approximate surface area is 179 Å². The van der Waals surface area contributed by atoms with Crippen LogP contribution in [0.1, 0.15) is 17.5 Å². The van der Waals surface area contributed by atoms with Crippen LogP contribution in [0, 0.1) is 6.92 Å². The van der Waals surface area contributed by atoms with Gasteiger partial charge in [-0.15, -0.1) is 0 Å². The second-order valence-corrected chi connectivity index (χ2v) is 8.63. The van der Waals surface area contributed by atoms with Crippen molar-refractivity contribution in [3.05, 3.63) is 62.6 Å². The summed E-state index contributed by atoms with van der Waals surface area (Å²) in [4.78, 5) is 43.1. The highest BCUT2D eigenvalue weighted by Gasteiger charge is 2.45. The molecule has 4 N–H and O–H groups in total. The maximum Gasteiger partial charge on any atom is 0.469 e. The Hall–Kier alpha value is -2.64. The van der Waals surface area contributed by atoms with Gasteiger partial charge < -0.3 is 29.3 Å². The van der Waals surface area contributed by atoms with Crippen LogP contribution in [-0.2, 0) is 20.4 Å². The Morgan fingerprint density at radius 1 is 1.19 bits per heavy atom. The number of phosphoric ester groups is 1. The number of ether oxygens (including phenoxy) is 1. The molecule has 0 saturated carbocycles. The molecule has 0 aliphatic carbocycles. The largest absolute Gasteiger partial charge is 0.469 e. The van der Waals surface area contributed by atoms with Crippen LogP contribution in [0.3, 0.4) is 0 Å². The first-order valence-corrected chi connectivity index (χ1v) is 11.0. The first-order valence-electron chi connectivity index (χ1n) is 9.44. The van der Waals surface area contributed by atoms with E-state index in [1.807, 2.05) is 13.0 Å². The van der Waals surface area contributed by atoms with Crippen LogP contribution in [0.5, 0.6) is 0 Å². The first-order chi connectivity index (χ1) is 15.0. The van der Waals surface area contributed by atoms with Crippen molar-refractivity contribution in [1.29, 1.82) is 0 Å². The van der Waals surface area contributed by atoms with Crippen molar-refractivity contribution >= 4 is 18.8 Å². The Bertz CT molecular complexity index is 1310. The predicted octanol–water partition coefficient (Wildman–Crippen LogP) is -0.764. The summed E-state index contributed by atoms with van der Waals surface area (Å²) in [5.74, 6) is 0. The minimum absolute atomic E-state index is 0.217. The molecule has 0 spiro atoms. The monoisotopic (exact) mass is 469 g/mol. The summed E-state index contributed by atoms with van der Waals surface area (Å²) in [5, 5.41) is 25.0. The third kappa shape index (κ3) is 4.32. The third-order valence-electron chi connectivity index (χ3n) is 5.12. The molecule has 1 fully saturated rings. The number of hydrogen-bond acceptors (Lipinski definition) is 9. The van der Waals surface area contributed by atoms with E-state index in [9.17, 15) is 24.4 Å². The summed E-state index contributed by atoms with van der Waals surface area (Å²) in [6.07, 6.45) is -4.87. The number of aryl methyl sites for hydroxylation is 1. The van der Waals surface area contributed by atoms with Crippen molar-refractivity contribution in [2.75, 3.05) is 6.61 Å². The summed E-state index contributed by atoms with van der Waals surface area (Å²) < 4.78 is 27.6. The number of rotatable bonds is 6. The van der Waals surface area contributed by atoms with E-state index < -0.39 is 50.2 Å². The molecule has 0 radical (unpaired) electrons. The molecule has 3 aromatic rings. The Kier molecular flexibility index (Phi) is 5.90. The molecule has 0 amide bonds. The molecule has 14 heteroatoms. The van der Waals surface area contributed by atoms with Gasteiger partial charge in [0, 0.05) is 17.6 Å². The zero-order valence-corrected chi connectivity index (χ0v) is 17.5. The van der Waals surface area contributed by atoms with Gasteiger partial charge in [0.05, 0.1) is 13.2 Å². The summed E-state index contributed by atoms with van der Waals surface area (Å²) in [6, 6.07) is 6.43. The van der Waals surface area contributed by atoms with Crippen molar-refractivity contribution < 1.29 is 38.3 Å². The molecule has 32 heavy (non-hydrogen) atoms. The molecule has 1 aromatic carbocycles. The molecule has 2 aromatic heterocycles. The van der Waals surface area contributed by atoms with E-state index >= 15 is 0 Å². The zero-order valence-electron chi connectivity index (χ0n) is 16.6. The standard InChI is InChI=1S/C18H20N3O10P/c1-9-2-3-12-10(6-9)11(19-31-12)7-21-14(22)4-5-20(18(21)25)17-16(24)15(23)13(30-17)8-29-32(26,27)28/h2-6,13,15-17,23-24H,7-8H2,1H3,(H2,26,27,28)/t13-,15+,16?,17-/m1/s1. The van der Waals surface area contributed by atoms with Crippen LogP contribution in [0.2, 0.25) is 0 Å². The van der Waals surface area contributed by atoms with Gasteiger partial charge in [-0.25, -0.2) is 9.36 Å². The highest BCUT2D eigenvalue weighted by molar-refractivity contribution is 7.46. The number of fused-ring (bicyclic) bond motifs is 1. The van der Waals surface area contributed by atoms with E-state index in [2.05, 4.69) is 9.68 Å². The summed E-state index contributed by atoms with van der Waals surface area (Å²) >= 11 is 0. The Balaban J connectivity index is 1.65. The fourth-order valence-corrected chi connectivity index (χ4v) is 3.85. The van der Waals surface area contributed by atoms with Gasteiger partial charge in [0.25, 0.3) is 5.56 Å². The minimum Gasteiger partial charge on any atom is -0.387 e. The molecule has 1 aliphatic rings. The Morgan fingerprint density at radius 2 is 1.94 bits per heavy atom. The molecule has 1 unspecified atom stereocenters. The van der Waals surface area contributed by atoms with E-state index in [4.69, 9.17) is 19.0 Å². The number of nitrogens with zero attached hydrogens (tertiary/aromatic N) is 3.